The fraction of sp³-hybridized carbons (Fsp3) is 0.417. The van der Waals surface area contributed by atoms with Crippen molar-refractivity contribution in [2.45, 2.75) is 50.2 Å². The summed E-state index contributed by atoms with van der Waals surface area (Å²) in [5.74, 6) is 0.257. The molecule has 0 saturated carbocycles. The average molecular weight is 457 g/mol. The van der Waals surface area contributed by atoms with Crippen LogP contribution in [0, 0.1) is 0 Å². The summed E-state index contributed by atoms with van der Waals surface area (Å²) in [6, 6.07) is 15.0. The number of para-hydroxylation sites is 3. The molecule has 32 heavy (non-hydrogen) atoms. The number of oxazole rings is 1. The Hall–Kier alpha value is -2.77. The number of fused-ring (bicyclic) bond motifs is 3. The molecule has 2 aliphatic rings. The van der Waals surface area contributed by atoms with Gasteiger partial charge in [-0.3, -0.25) is 9.69 Å². The first-order valence-electron chi connectivity index (χ1n) is 10.9. The lowest BCUT2D eigenvalue weighted by molar-refractivity contribution is 0.0562. The van der Waals surface area contributed by atoms with E-state index in [9.17, 15) is 4.79 Å². The van der Waals surface area contributed by atoms with E-state index in [4.69, 9.17) is 19.9 Å². The molecule has 1 amide bonds. The van der Waals surface area contributed by atoms with Crippen LogP contribution in [0.15, 0.2) is 46.9 Å². The van der Waals surface area contributed by atoms with Gasteiger partial charge in [0.05, 0.1) is 18.4 Å². The highest BCUT2D eigenvalue weighted by atomic mass is 35.5. The second-order valence-electron chi connectivity index (χ2n) is 8.58. The molecule has 2 unspecified atom stereocenters. The number of halogens is 1. The SMILES string of the molecule is COc1ccccc1N(c1nc2c(C(N)=O)cccc2o1)C1CC2CCCC(C1)N2C.Cl. The largest absolute Gasteiger partial charge is 0.495 e. The van der Waals surface area contributed by atoms with Crippen LogP contribution in [0.4, 0.5) is 11.7 Å². The Morgan fingerprint density at radius 2 is 1.88 bits per heavy atom. The molecule has 2 bridgehead atoms. The first-order chi connectivity index (χ1) is 15.1. The standard InChI is InChI=1S/C24H28N4O3.ClH/c1-27-15-7-5-8-16(27)14-17(13-15)28(19-10-3-4-11-20(19)30-2)24-26-22-18(23(25)29)9-6-12-21(22)31-24;/h3-4,6,9-12,15-17H,5,7-8,13-14H2,1-2H3,(H2,25,29);1H. The first-order valence-corrected chi connectivity index (χ1v) is 10.9. The van der Waals surface area contributed by atoms with Gasteiger partial charge in [-0.2, -0.15) is 4.98 Å². The zero-order chi connectivity index (χ0) is 21.5. The smallest absolute Gasteiger partial charge is 0.303 e. The number of hydrogen-bond acceptors (Lipinski definition) is 6. The highest BCUT2D eigenvalue weighted by Gasteiger charge is 2.40. The number of hydrogen-bond donors (Lipinski definition) is 1. The minimum Gasteiger partial charge on any atom is -0.495 e. The van der Waals surface area contributed by atoms with Crippen LogP contribution in [0.3, 0.4) is 0 Å². The van der Waals surface area contributed by atoms with E-state index in [0.29, 0.717) is 34.8 Å². The van der Waals surface area contributed by atoms with Gasteiger partial charge >= 0.3 is 6.01 Å². The Labute approximate surface area is 193 Å². The molecule has 0 radical (unpaired) electrons. The molecule has 0 spiro atoms. The maximum atomic E-state index is 11.9. The predicted octanol–water partition coefficient (Wildman–Crippen LogP) is 4.51. The van der Waals surface area contributed by atoms with Crippen molar-refractivity contribution >= 4 is 41.1 Å². The van der Waals surface area contributed by atoms with Crippen LogP contribution in [-0.4, -0.2) is 48.1 Å². The van der Waals surface area contributed by atoms with Crippen LogP contribution in [0.2, 0.25) is 0 Å². The molecule has 3 heterocycles. The van der Waals surface area contributed by atoms with Crippen molar-refractivity contribution in [1.82, 2.24) is 9.88 Å². The van der Waals surface area contributed by atoms with Crippen LogP contribution >= 0.6 is 12.4 Å². The molecule has 2 fully saturated rings. The predicted molar refractivity (Wildman–Crippen MR) is 127 cm³/mol. The van der Waals surface area contributed by atoms with Gasteiger partial charge < -0.3 is 19.8 Å². The van der Waals surface area contributed by atoms with Gasteiger partial charge in [-0.1, -0.05) is 24.6 Å². The van der Waals surface area contributed by atoms with Gasteiger partial charge in [0.15, 0.2) is 5.58 Å². The topological polar surface area (TPSA) is 84.8 Å². The molecule has 2 aromatic carbocycles. The molecular formula is C24H29ClN4O3. The normalized spacial score (nSPS) is 22.9. The summed E-state index contributed by atoms with van der Waals surface area (Å²) in [6.45, 7) is 0. The number of primary amides is 1. The van der Waals surface area contributed by atoms with Gasteiger partial charge in [0.1, 0.15) is 11.3 Å². The maximum Gasteiger partial charge on any atom is 0.303 e. The molecule has 2 saturated heterocycles. The number of aromatic nitrogens is 1. The molecule has 0 aliphatic carbocycles. The summed E-state index contributed by atoms with van der Waals surface area (Å²) in [4.78, 5) is 21.4. The average Bonchev–Trinajstić information content (AvgIpc) is 3.18. The minimum absolute atomic E-state index is 0. The lowest BCUT2D eigenvalue weighted by Crippen LogP contribution is -2.54. The van der Waals surface area contributed by atoms with E-state index < -0.39 is 5.91 Å². The highest BCUT2D eigenvalue weighted by molar-refractivity contribution is 6.04. The zero-order valence-corrected chi connectivity index (χ0v) is 19.2. The molecule has 2 N–H and O–H groups in total. The highest BCUT2D eigenvalue weighted by Crippen LogP contribution is 2.43. The minimum atomic E-state index is -0.511. The van der Waals surface area contributed by atoms with Crippen molar-refractivity contribution in [3.63, 3.8) is 0 Å². The van der Waals surface area contributed by atoms with E-state index >= 15 is 0 Å². The molecular weight excluding hydrogens is 428 g/mol. The van der Waals surface area contributed by atoms with E-state index in [1.807, 2.05) is 30.3 Å². The molecule has 3 aromatic rings. The third-order valence-corrected chi connectivity index (χ3v) is 6.90. The molecule has 1 aromatic heterocycles. The van der Waals surface area contributed by atoms with Gasteiger partial charge in [0, 0.05) is 18.1 Å². The third-order valence-electron chi connectivity index (χ3n) is 6.90. The summed E-state index contributed by atoms with van der Waals surface area (Å²) in [6.07, 6.45) is 5.75. The van der Waals surface area contributed by atoms with E-state index in [1.54, 1.807) is 19.2 Å². The number of nitrogens with two attached hydrogens (primary N) is 1. The number of anilines is 2. The second kappa shape index (κ2) is 9.00. The van der Waals surface area contributed by atoms with Crippen LogP contribution in [0.1, 0.15) is 42.5 Å². The monoisotopic (exact) mass is 456 g/mol. The van der Waals surface area contributed by atoms with Crippen LogP contribution in [0.5, 0.6) is 5.75 Å². The van der Waals surface area contributed by atoms with Crippen molar-refractivity contribution in [3.05, 3.63) is 48.0 Å². The molecule has 2 aliphatic heterocycles. The summed E-state index contributed by atoms with van der Waals surface area (Å²) in [7, 11) is 3.92. The Morgan fingerprint density at radius 1 is 1.16 bits per heavy atom. The van der Waals surface area contributed by atoms with Crippen LogP contribution in [0.25, 0.3) is 11.1 Å². The van der Waals surface area contributed by atoms with Crippen LogP contribution in [-0.2, 0) is 0 Å². The van der Waals surface area contributed by atoms with Gasteiger partial charge in [-0.25, -0.2) is 0 Å². The Morgan fingerprint density at radius 3 is 2.56 bits per heavy atom. The Kier molecular flexibility index (Phi) is 6.31. The van der Waals surface area contributed by atoms with E-state index in [0.717, 1.165) is 24.3 Å². The Balaban J connectivity index is 0.00000245. The number of amides is 1. The lowest BCUT2D eigenvalue weighted by Gasteiger charge is -2.49. The van der Waals surface area contributed by atoms with Gasteiger partial charge in [-0.15, -0.1) is 12.4 Å². The molecule has 5 rings (SSSR count). The van der Waals surface area contributed by atoms with Crippen molar-refractivity contribution < 1.29 is 13.9 Å². The van der Waals surface area contributed by atoms with Crippen molar-refractivity contribution in [3.8, 4) is 5.75 Å². The molecule has 8 heteroatoms. The van der Waals surface area contributed by atoms with Crippen LogP contribution < -0.4 is 15.4 Å². The quantitative estimate of drug-likeness (QED) is 0.608. The van der Waals surface area contributed by atoms with E-state index in [2.05, 4.69) is 16.8 Å². The maximum absolute atomic E-state index is 11.9. The van der Waals surface area contributed by atoms with E-state index in [1.165, 1.54) is 19.3 Å². The molecule has 7 nitrogen and oxygen atoms in total. The zero-order valence-electron chi connectivity index (χ0n) is 18.4. The summed E-state index contributed by atoms with van der Waals surface area (Å²) >= 11 is 0. The summed E-state index contributed by atoms with van der Waals surface area (Å²) in [5.41, 5.74) is 7.92. The fourth-order valence-corrected chi connectivity index (χ4v) is 5.32. The number of carbonyl (C=O) groups is 1. The number of nitrogens with zero attached hydrogens (tertiary/aromatic N) is 3. The number of methoxy groups -OCH3 is 1. The summed E-state index contributed by atoms with van der Waals surface area (Å²) < 4.78 is 11.9. The fourth-order valence-electron chi connectivity index (χ4n) is 5.32. The molecule has 2 atom stereocenters. The number of ether oxygens (including phenoxy) is 1. The van der Waals surface area contributed by atoms with Gasteiger partial charge in [-0.05, 0) is 57.0 Å². The lowest BCUT2D eigenvalue weighted by atomic mass is 9.81. The Bertz CT molecular complexity index is 1100. The number of piperidine rings is 2. The van der Waals surface area contributed by atoms with Crippen molar-refractivity contribution in [1.29, 1.82) is 0 Å². The number of benzene rings is 2. The summed E-state index contributed by atoms with van der Waals surface area (Å²) in [5, 5.41) is 0. The van der Waals surface area contributed by atoms with E-state index in [-0.39, 0.29) is 18.4 Å². The number of carbonyl (C=O) groups excluding carboxylic acids is 1. The first kappa shape index (κ1) is 22.4. The molecule has 170 valence electrons. The third kappa shape index (κ3) is 3.80. The number of rotatable bonds is 5. The van der Waals surface area contributed by atoms with Gasteiger partial charge in [0.25, 0.3) is 5.91 Å². The van der Waals surface area contributed by atoms with Gasteiger partial charge in [0.2, 0.25) is 0 Å². The second-order valence-corrected chi connectivity index (χ2v) is 8.58. The van der Waals surface area contributed by atoms with Crippen molar-refractivity contribution in [2.75, 3.05) is 19.1 Å². The van der Waals surface area contributed by atoms with Crippen molar-refractivity contribution in [2.24, 2.45) is 5.73 Å².